The number of rotatable bonds is 3. The van der Waals surface area contributed by atoms with Crippen LogP contribution >= 0.6 is 0 Å². The van der Waals surface area contributed by atoms with E-state index in [0.717, 1.165) is 0 Å². The van der Waals surface area contributed by atoms with Crippen molar-refractivity contribution < 1.29 is 24.3 Å². The number of hydrogen-bond acceptors (Lipinski definition) is 2. The molecule has 3 heteroatoms. The molecule has 0 N–H and O–H groups in total. The minimum absolute atomic E-state index is 0.125. The molecule has 1 aromatic rings. The van der Waals surface area contributed by atoms with Gasteiger partial charge in [0.1, 0.15) is 0 Å². The van der Waals surface area contributed by atoms with E-state index in [9.17, 15) is 9.59 Å². The SMILES string of the molecule is C[C](=O)[Co][C](=O)c1ccccc1. The van der Waals surface area contributed by atoms with Crippen LogP contribution in [0.1, 0.15) is 17.3 Å². The molecule has 12 heavy (non-hydrogen) atoms. The topological polar surface area (TPSA) is 34.1 Å². The van der Waals surface area contributed by atoms with Gasteiger partial charge in [-0.1, -0.05) is 0 Å². The molecular formula is C9H8CoO2. The fourth-order valence-electron chi connectivity index (χ4n) is 0.716. The molecular weight excluding hydrogens is 199 g/mol. The zero-order chi connectivity index (χ0) is 8.97. The van der Waals surface area contributed by atoms with Crippen LogP contribution < -0.4 is 0 Å². The van der Waals surface area contributed by atoms with E-state index in [2.05, 4.69) is 0 Å². The Morgan fingerprint density at radius 2 is 1.75 bits per heavy atom. The summed E-state index contributed by atoms with van der Waals surface area (Å²) in [7, 11) is 0. The van der Waals surface area contributed by atoms with Crippen molar-refractivity contribution in [3.63, 3.8) is 0 Å². The van der Waals surface area contributed by atoms with Crippen molar-refractivity contribution >= 4 is 9.44 Å². The summed E-state index contributed by atoms with van der Waals surface area (Å²) in [5.41, 5.74) is 0.590. The Morgan fingerprint density at radius 1 is 1.17 bits per heavy atom. The van der Waals surface area contributed by atoms with E-state index in [1.54, 1.807) is 24.3 Å². The van der Waals surface area contributed by atoms with E-state index >= 15 is 0 Å². The van der Waals surface area contributed by atoms with Crippen molar-refractivity contribution in [2.45, 2.75) is 6.92 Å². The second-order valence-electron chi connectivity index (χ2n) is 2.14. The molecule has 1 aromatic carbocycles. The van der Waals surface area contributed by atoms with Crippen LogP contribution in [0, 0.1) is 0 Å². The Bertz CT molecular complexity index is 293. The van der Waals surface area contributed by atoms with Gasteiger partial charge in [-0.05, 0) is 0 Å². The second-order valence-corrected chi connectivity index (χ2v) is 3.61. The molecule has 0 unspecified atom stereocenters. The van der Waals surface area contributed by atoms with Crippen molar-refractivity contribution in [3.05, 3.63) is 35.9 Å². The molecule has 0 saturated heterocycles. The second kappa shape index (κ2) is 4.18. The molecule has 0 saturated carbocycles. The molecule has 0 heterocycles. The van der Waals surface area contributed by atoms with Gasteiger partial charge < -0.3 is 0 Å². The van der Waals surface area contributed by atoms with Crippen LogP contribution in [-0.4, -0.2) is 9.44 Å². The molecule has 0 atom stereocenters. The van der Waals surface area contributed by atoms with Crippen molar-refractivity contribution in [3.8, 4) is 0 Å². The molecule has 0 spiro atoms. The van der Waals surface area contributed by atoms with Crippen LogP contribution in [0.3, 0.4) is 0 Å². The Morgan fingerprint density at radius 3 is 2.25 bits per heavy atom. The van der Waals surface area contributed by atoms with Gasteiger partial charge in [0.25, 0.3) is 0 Å². The maximum atomic E-state index is 11.2. The first-order valence-corrected chi connectivity index (χ1v) is 4.44. The van der Waals surface area contributed by atoms with Gasteiger partial charge in [-0.15, -0.1) is 0 Å². The first-order chi connectivity index (χ1) is 5.70. The zero-order valence-electron chi connectivity index (χ0n) is 6.54. The monoisotopic (exact) mass is 207 g/mol. The molecule has 0 aliphatic carbocycles. The number of carbonyl (C=O) groups is 2. The fraction of sp³-hybridized carbons (Fsp3) is 0.111. The van der Waals surface area contributed by atoms with Crippen LogP contribution in [0.2, 0.25) is 0 Å². The summed E-state index contributed by atoms with van der Waals surface area (Å²) >= 11 is 0.276. The van der Waals surface area contributed by atoms with E-state index in [-0.39, 0.29) is 24.1 Å². The summed E-state index contributed by atoms with van der Waals surface area (Å²) in [5, 5.41) is 0. The standard InChI is InChI=1S/C7H5O.C2H3O.Co/c8-6-7-4-2-1-3-5-7;1-2-3;/h1-5H;1H3;. The van der Waals surface area contributed by atoms with Crippen molar-refractivity contribution in [1.29, 1.82) is 0 Å². The average molecular weight is 207 g/mol. The molecule has 0 radical (unpaired) electrons. The van der Waals surface area contributed by atoms with Gasteiger partial charge in [-0.2, -0.15) is 0 Å². The fourth-order valence-corrected chi connectivity index (χ4v) is 1.37. The van der Waals surface area contributed by atoms with Gasteiger partial charge in [-0.3, -0.25) is 0 Å². The van der Waals surface area contributed by atoms with Gasteiger partial charge in [0.15, 0.2) is 0 Å². The van der Waals surface area contributed by atoms with Crippen LogP contribution in [0.4, 0.5) is 0 Å². The van der Waals surface area contributed by atoms with Crippen molar-refractivity contribution in [2.75, 3.05) is 0 Å². The van der Waals surface area contributed by atoms with Gasteiger partial charge in [0.2, 0.25) is 0 Å². The first kappa shape index (κ1) is 9.16. The van der Waals surface area contributed by atoms with E-state index in [0.29, 0.717) is 5.56 Å². The summed E-state index contributed by atoms with van der Waals surface area (Å²) < 4.78 is -0.264. The number of hydrogen-bond donors (Lipinski definition) is 0. The Hall–Kier alpha value is -0.934. The van der Waals surface area contributed by atoms with Gasteiger partial charge in [0, 0.05) is 0 Å². The van der Waals surface area contributed by atoms with Crippen LogP contribution in [0.5, 0.6) is 0 Å². The normalized spacial score (nSPS) is 9.75. The summed E-state index contributed by atoms with van der Waals surface area (Å²) in [4.78, 5) is 21.8. The maximum absolute atomic E-state index is 11.2. The molecule has 1 rings (SSSR count). The number of carbonyl (C=O) groups excluding carboxylic acids is 2. The van der Waals surface area contributed by atoms with Crippen molar-refractivity contribution in [1.82, 2.24) is 0 Å². The Kier molecular flexibility index (Phi) is 3.19. The molecule has 0 aromatic heterocycles. The molecule has 0 aliphatic rings. The van der Waals surface area contributed by atoms with Gasteiger partial charge >= 0.3 is 76.5 Å². The van der Waals surface area contributed by atoms with E-state index in [1.165, 1.54) is 6.92 Å². The third kappa shape index (κ3) is 2.60. The van der Waals surface area contributed by atoms with Crippen LogP contribution in [0.15, 0.2) is 30.3 Å². The van der Waals surface area contributed by atoms with Crippen LogP contribution in [0.25, 0.3) is 0 Å². The quantitative estimate of drug-likeness (QED) is 0.751. The minimum atomic E-state index is -0.139. The molecule has 0 fully saturated rings. The summed E-state index contributed by atoms with van der Waals surface area (Å²) in [5.74, 6) is 0. The molecule has 65 valence electrons. The number of benzene rings is 1. The predicted molar refractivity (Wildman–Crippen MR) is 41.5 cm³/mol. The van der Waals surface area contributed by atoms with E-state index < -0.39 is 0 Å². The Labute approximate surface area is 77.0 Å². The predicted octanol–water partition coefficient (Wildman–Crippen LogP) is 1.46. The first-order valence-electron chi connectivity index (χ1n) is 3.40. The summed E-state index contributed by atoms with van der Waals surface area (Å²) in [6, 6.07) is 8.81. The Balaban J connectivity index is 2.73. The molecule has 2 nitrogen and oxygen atoms in total. The van der Waals surface area contributed by atoms with E-state index in [4.69, 9.17) is 0 Å². The third-order valence-electron chi connectivity index (χ3n) is 1.18. The molecule has 0 bridgehead atoms. The zero-order valence-corrected chi connectivity index (χ0v) is 7.58. The van der Waals surface area contributed by atoms with Crippen molar-refractivity contribution in [2.24, 2.45) is 0 Å². The van der Waals surface area contributed by atoms with E-state index in [1.807, 2.05) is 6.07 Å². The molecule has 0 amide bonds. The third-order valence-corrected chi connectivity index (χ3v) is 2.08. The van der Waals surface area contributed by atoms with Crippen LogP contribution in [-0.2, 0) is 19.5 Å². The summed E-state index contributed by atoms with van der Waals surface area (Å²) in [6.07, 6.45) is 0. The molecule has 0 aliphatic heterocycles. The summed E-state index contributed by atoms with van der Waals surface area (Å²) in [6.45, 7) is 1.40. The average Bonchev–Trinajstić information content (AvgIpc) is 2.05. The van der Waals surface area contributed by atoms with Gasteiger partial charge in [0.05, 0.1) is 0 Å². The van der Waals surface area contributed by atoms with Gasteiger partial charge in [-0.25, -0.2) is 0 Å².